The lowest BCUT2D eigenvalue weighted by Crippen LogP contribution is -2.33. The summed E-state index contributed by atoms with van der Waals surface area (Å²) in [6, 6.07) is 3.53. The van der Waals surface area contributed by atoms with Gasteiger partial charge in [0, 0.05) is 17.8 Å². The van der Waals surface area contributed by atoms with Crippen molar-refractivity contribution in [1.82, 2.24) is 10.3 Å². The van der Waals surface area contributed by atoms with Crippen LogP contribution in [0.3, 0.4) is 0 Å². The van der Waals surface area contributed by atoms with Crippen LogP contribution in [0.1, 0.15) is 62.0 Å². The SMILES string of the molecule is CCCc1cc(C(=O)NCC2CCCCC2C)cc(N)n1. The van der Waals surface area contributed by atoms with Gasteiger partial charge in [-0.05, 0) is 36.8 Å². The van der Waals surface area contributed by atoms with Crippen LogP contribution in [0.5, 0.6) is 0 Å². The van der Waals surface area contributed by atoms with Crippen molar-refractivity contribution in [2.45, 2.75) is 52.4 Å². The second kappa shape index (κ2) is 7.43. The van der Waals surface area contributed by atoms with Crippen LogP contribution in [0.25, 0.3) is 0 Å². The third-order valence-corrected chi connectivity index (χ3v) is 4.48. The molecule has 2 unspecified atom stereocenters. The van der Waals surface area contributed by atoms with Crippen molar-refractivity contribution < 1.29 is 4.79 Å². The minimum Gasteiger partial charge on any atom is -0.384 e. The van der Waals surface area contributed by atoms with E-state index in [2.05, 4.69) is 24.1 Å². The van der Waals surface area contributed by atoms with E-state index in [1.54, 1.807) is 6.07 Å². The average molecular weight is 289 g/mol. The quantitative estimate of drug-likeness (QED) is 0.874. The number of carbonyl (C=O) groups excluding carboxylic acids is 1. The Morgan fingerprint density at radius 3 is 2.86 bits per heavy atom. The number of carbonyl (C=O) groups is 1. The zero-order chi connectivity index (χ0) is 15.2. The topological polar surface area (TPSA) is 68.0 Å². The van der Waals surface area contributed by atoms with Crippen molar-refractivity contribution in [2.75, 3.05) is 12.3 Å². The summed E-state index contributed by atoms with van der Waals surface area (Å²) in [6.45, 7) is 5.15. The van der Waals surface area contributed by atoms with Crippen LogP contribution < -0.4 is 11.1 Å². The molecule has 0 aliphatic heterocycles. The lowest BCUT2D eigenvalue weighted by Gasteiger charge is -2.28. The molecule has 1 saturated carbocycles. The van der Waals surface area contributed by atoms with Gasteiger partial charge in [0.1, 0.15) is 5.82 Å². The highest BCUT2D eigenvalue weighted by Crippen LogP contribution is 2.28. The zero-order valence-corrected chi connectivity index (χ0v) is 13.2. The highest BCUT2D eigenvalue weighted by molar-refractivity contribution is 5.94. The first-order chi connectivity index (χ1) is 10.1. The molecule has 0 radical (unpaired) electrons. The molecule has 1 aliphatic carbocycles. The fraction of sp³-hybridized carbons (Fsp3) is 0.647. The maximum Gasteiger partial charge on any atom is 0.251 e. The fourth-order valence-electron chi connectivity index (χ4n) is 3.15. The Balaban J connectivity index is 1.96. The van der Waals surface area contributed by atoms with E-state index < -0.39 is 0 Å². The minimum atomic E-state index is -0.0285. The molecule has 116 valence electrons. The Kier molecular flexibility index (Phi) is 5.59. The second-order valence-corrected chi connectivity index (χ2v) is 6.25. The molecule has 21 heavy (non-hydrogen) atoms. The Labute approximate surface area is 127 Å². The van der Waals surface area contributed by atoms with Crippen LogP contribution in [0.4, 0.5) is 5.82 Å². The van der Waals surface area contributed by atoms with Gasteiger partial charge in [-0.3, -0.25) is 4.79 Å². The van der Waals surface area contributed by atoms with Crippen molar-refractivity contribution in [3.8, 4) is 0 Å². The maximum absolute atomic E-state index is 12.3. The molecule has 0 bridgehead atoms. The van der Waals surface area contributed by atoms with Gasteiger partial charge in [-0.15, -0.1) is 0 Å². The molecule has 4 nitrogen and oxygen atoms in total. The van der Waals surface area contributed by atoms with Gasteiger partial charge in [0.05, 0.1) is 0 Å². The number of hydrogen-bond donors (Lipinski definition) is 2. The van der Waals surface area contributed by atoms with E-state index in [-0.39, 0.29) is 5.91 Å². The van der Waals surface area contributed by atoms with Crippen molar-refractivity contribution in [1.29, 1.82) is 0 Å². The summed E-state index contributed by atoms with van der Waals surface area (Å²) in [5.41, 5.74) is 7.33. The summed E-state index contributed by atoms with van der Waals surface area (Å²) in [5.74, 6) is 1.71. The van der Waals surface area contributed by atoms with Crippen LogP contribution >= 0.6 is 0 Å². The van der Waals surface area contributed by atoms with Gasteiger partial charge in [-0.1, -0.05) is 39.5 Å². The number of hydrogen-bond acceptors (Lipinski definition) is 3. The number of nitrogens with two attached hydrogens (primary N) is 1. The third-order valence-electron chi connectivity index (χ3n) is 4.48. The molecule has 0 saturated heterocycles. The first-order valence-electron chi connectivity index (χ1n) is 8.14. The van der Waals surface area contributed by atoms with Gasteiger partial charge in [0.15, 0.2) is 0 Å². The number of aromatic nitrogens is 1. The molecule has 0 aromatic carbocycles. The van der Waals surface area contributed by atoms with E-state index in [1.165, 1.54) is 25.7 Å². The standard InChI is InChI=1S/C17H27N3O/c1-3-6-15-9-14(10-16(18)20-15)17(21)19-11-13-8-5-4-7-12(13)2/h9-10,12-13H,3-8,11H2,1-2H3,(H2,18,20)(H,19,21). The number of amides is 1. The smallest absolute Gasteiger partial charge is 0.251 e. The lowest BCUT2D eigenvalue weighted by atomic mass is 9.80. The van der Waals surface area contributed by atoms with Crippen LogP contribution in [0.2, 0.25) is 0 Å². The molecular formula is C17H27N3O. The molecule has 1 fully saturated rings. The molecule has 4 heteroatoms. The van der Waals surface area contributed by atoms with Crippen molar-refractivity contribution in [2.24, 2.45) is 11.8 Å². The van der Waals surface area contributed by atoms with E-state index in [9.17, 15) is 4.79 Å². The summed E-state index contributed by atoms with van der Waals surface area (Å²) in [5, 5.41) is 3.07. The number of aryl methyl sites for hydroxylation is 1. The highest BCUT2D eigenvalue weighted by Gasteiger charge is 2.21. The lowest BCUT2D eigenvalue weighted by molar-refractivity contribution is 0.0936. The third kappa shape index (κ3) is 4.45. The Morgan fingerprint density at radius 2 is 2.14 bits per heavy atom. The van der Waals surface area contributed by atoms with E-state index in [4.69, 9.17) is 5.73 Å². The summed E-state index contributed by atoms with van der Waals surface area (Å²) in [7, 11) is 0. The largest absolute Gasteiger partial charge is 0.384 e. The summed E-state index contributed by atoms with van der Waals surface area (Å²) in [6.07, 6.45) is 6.97. The molecule has 1 aliphatic rings. The minimum absolute atomic E-state index is 0.0285. The van der Waals surface area contributed by atoms with Crippen LogP contribution in [0.15, 0.2) is 12.1 Å². The predicted octanol–water partition coefficient (Wildman–Crippen LogP) is 3.17. The van der Waals surface area contributed by atoms with Crippen molar-refractivity contribution in [3.63, 3.8) is 0 Å². The van der Waals surface area contributed by atoms with Gasteiger partial charge in [0.2, 0.25) is 0 Å². The van der Waals surface area contributed by atoms with Crippen LogP contribution in [-0.4, -0.2) is 17.4 Å². The van der Waals surface area contributed by atoms with E-state index in [1.807, 2.05) is 6.07 Å². The van der Waals surface area contributed by atoms with Crippen molar-refractivity contribution >= 4 is 11.7 Å². The normalized spacial score (nSPS) is 22.0. The maximum atomic E-state index is 12.3. The Morgan fingerprint density at radius 1 is 1.38 bits per heavy atom. The van der Waals surface area contributed by atoms with E-state index >= 15 is 0 Å². The molecule has 1 amide bonds. The molecule has 3 N–H and O–H groups in total. The molecule has 2 atom stereocenters. The molecule has 1 heterocycles. The van der Waals surface area contributed by atoms with Gasteiger partial charge in [0.25, 0.3) is 5.91 Å². The van der Waals surface area contributed by atoms with Gasteiger partial charge in [-0.25, -0.2) is 4.98 Å². The van der Waals surface area contributed by atoms with E-state index in [0.717, 1.165) is 25.1 Å². The summed E-state index contributed by atoms with van der Waals surface area (Å²) >= 11 is 0. The van der Waals surface area contributed by atoms with E-state index in [0.29, 0.717) is 23.2 Å². The summed E-state index contributed by atoms with van der Waals surface area (Å²) < 4.78 is 0. The molecular weight excluding hydrogens is 262 g/mol. The first-order valence-corrected chi connectivity index (χ1v) is 8.14. The van der Waals surface area contributed by atoms with Crippen LogP contribution in [-0.2, 0) is 6.42 Å². The van der Waals surface area contributed by atoms with Gasteiger partial charge < -0.3 is 11.1 Å². The average Bonchev–Trinajstić information content (AvgIpc) is 2.46. The number of nitrogens with zero attached hydrogens (tertiary/aromatic N) is 1. The second-order valence-electron chi connectivity index (χ2n) is 6.25. The molecule has 1 aromatic rings. The Hall–Kier alpha value is -1.58. The number of nitrogen functional groups attached to an aromatic ring is 1. The summed E-state index contributed by atoms with van der Waals surface area (Å²) in [4.78, 5) is 16.6. The van der Waals surface area contributed by atoms with Gasteiger partial charge >= 0.3 is 0 Å². The van der Waals surface area contributed by atoms with Crippen LogP contribution in [0, 0.1) is 11.8 Å². The number of nitrogens with one attached hydrogen (secondary N) is 1. The predicted molar refractivity (Wildman–Crippen MR) is 86.1 cm³/mol. The van der Waals surface area contributed by atoms with Gasteiger partial charge in [-0.2, -0.15) is 0 Å². The van der Waals surface area contributed by atoms with Crippen molar-refractivity contribution in [3.05, 3.63) is 23.4 Å². The fourth-order valence-corrected chi connectivity index (χ4v) is 3.15. The Bertz CT molecular complexity index is 487. The highest BCUT2D eigenvalue weighted by atomic mass is 16.1. The first kappa shape index (κ1) is 15.8. The monoisotopic (exact) mass is 289 g/mol. The zero-order valence-electron chi connectivity index (χ0n) is 13.2. The molecule has 1 aromatic heterocycles. The number of rotatable bonds is 5. The number of anilines is 1. The number of pyridine rings is 1. The molecule has 2 rings (SSSR count). The molecule has 0 spiro atoms.